The van der Waals surface area contributed by atoms with Crippen LogP contribution in [0.4, 0.5) is 0 Å². The molecule has 3 fully saturated rings. The van der Waals surface area contributed by atoms with Gasteiger partial charge in [-0.25, -0.2) is 0 Å². The molecule has 23 heavy (non-hydrogen) atoms. The summed E-state index contributed by atoms with van der Waals surface area (Å²) in [6.45, 7) is 6.66. The molecule has 3 aliphatic rings. The number of hydrogen-bond acceptors (Lipinski definition) is 6. The van der Waals surface area contributed by atoms with Crippen LogP contribution in [0.3, 0.4) is 0 Å². The van der Waals surface area contributed by atoms with E-state index in [1.165, 1.54) is 8.61 Å². The van der Waals surface area contributed by atoms with Crippen LogP contribution in [-0.2, 0) is 14.9 Å². The summed E-state index contributed by atoms with van der Waals surface area (Å²) in [6, 6.07) is 0. The molecule has 3 saturated heterocycles. The first-order chi connectivity index (χ1) is 10.9. The first kappa shape index (κ1) is 17.5. The molecule has 0 aromatic rings. The van der Waals surface area contributed by atoms with Gasteiger partial charge in [0.15, 0.2) is 0 Å². The number of nitrogens with zero attached hydrogens (tertiary/aromatic N) is 4. The van der Waals surface area contributed by atoms with E-state index in [9.17, 15) is 13.5 Å². The average molecular weight is 348 g/mol. The highest BCUT2D eigenvalue weighted by atomic mass is 32.2. The number of piperazine rings is 1. The lowest BCUT2D eigenvalue weighted by Gasteiger charge is -2.37. The number of aliphatic hydroxyl groups is 1. The Bertz CT molecular complexity index is 503. The Morgan fingerprint density at radius 3 is 2.30 bits per heavy atom. The summed E-state index contributed by atoms with van der Waals surface area (Å²) >= 11 is 0. The third-order valence-electron chi connectivity index (χ3n) is 5.03. The lowest BCUT2D eigenvalue weighted by molar-refractivity contribution is 0.00370. The molecule has 3 rings (SSSR count). The van der Waals surface area contributed by atoms with E-state index in [-0.39, 0.29) is 6.54 Å². The Morgan fingerprint density at radius 2 is 1.65 bits per heavy atom. The molecule has 0 aromatic heterocycles. The summed E-state index contributed by atoms with van der Waals surface area (Å²) in [6.07, 6.45) is 0.503. The molecule has 0 radical (unpaired) electrons. The van der Waals surface area contributed by atoms with Crippen LogP contribution in [0.1, 0.15) is 6.42 Å². The van der Waals surface area contributed by atoms with Crippen LogP contribution in [0, 0.1) is 0 Å². The van der Waals surface area contributed by atoms with Gasteiger partial charge in [0.2, 0.25) is 0 Å². The van der Waals surface area contributed by atoms with E-state index in [2.05, 4.69) is 16.8 Å². The Labute approximate surface area is 138 Å². The molecule has 0 unspecified atom stereocenters. The summed E-state index contributed by atoms with van der Waals surface area (Å²) in [5, 5.41) is 10.8. The molecule has 0 aromatic carbocycles. The minimum Gasteiger partial charge on any atom is -0.387 e. The number of rotatable bonds is 4. The van der Waals surface area contributed by atoms with Crippen molar-refractivity contribution in [2.24, 2.45) is 0 Å². The Kier molecular flexibility index (Phi) is 5.27. The van der Waals surface area contributed by atoms with Crippen molar-refractivity contribution in [3.63, 3.8) is 0 Å². The minimum atomic E-state index is -3.48. The summed E-state index contributed by atoms with van der Waals surface area (Å²) in [4.78, 5) is 4.51. The average Bonchev–Trinajstić information content (AvgIpc) is 2.93. The second-order valence-corrected chi connectivity index (χ2v) is 8.83. The molecule has 0 saturated carbocycles. The highest BCUT2D eigenvalue weighted by Crippen LogP contribution is 2.27. The molecule has 8 nitrogen and oxygen atoms in total. The summed E-state index contributed by atoms with van der Waals surface area (Å²) in [7, 11) is -1.39. The van der Waals surface area contributed by atoms with Gasteiger partial charge in [0.1, 0.15) is 0 Å². The number of β-amino-alcohol motifs (C(OH)–C–C–N with tert-alkyl or cyclic N) is 1. The summed E-state index contributed by atoms with van der Waals surface area (Å²) in [5.74, 6) is 0. The lowest BCUT2D eigenvalue weighted by Crippen LogP contribution is -2.53. The first-order valence-electron chi connectivity index (χ1n) is 8.35. The fourth-order valence-corrected chi connectivity index (χ4v) is 5.17. The molecule has 3 aliphatic heterocycles. The van der Waals surface area contributed by atoms with Gasteiger partial charge in [0.25, 0.3) is 10.2 Å². The maximum Gasteiger partial charge on any atom is 0.282 e. The minimum absolute atomic E-state index is 0.193. The van der Waals surface area contributed by atoms with Crippen molar-refractivity contribution in [1.82, 2.24) is 18.4 Å². The maximum absolute atomic E-state index is 12.7. The number of hydrogen-bond donors (Lipinski definition) is 1. The van der Waals surface area contributed by atoms with Crippen molar-refractivity contribution in [2.75, 3.05) is 79.2 Å². The first-order valence-corrected chi connectivity index (χ1v) is 9.75. The predicted molar refractivity (Wildman–Crippen MR) is 86.4 cm³/mol. The quantitative estimate of drug-likeness (QED) is 0.649. The molecule has 9 heteroatoms. The molecule has 0 amide bonds. The van der Waals surface area contributed by atoms with E-state index in [0.29, 0.717) is 45.8 Å². The van der Waals surface area contributed by atoms with Crippen molar-refractivity contribution in [3.8, 4) is 0 Å². The van der Waals surface area contributed by atoms with Crippen LogP contribution in [-0.4, -0.2) is 117 Å². The highest BCUT2D eigenvalue weighted by Gasteiger charge is 2.44. The molecule has 1 atom stereocenters. The Morgan fingerprint density at radius 1 is 1.00 bits per heavy atom. The van der Waals surface area contributed by atoms with Gasteiger partial charge in [-0.15, -0.1) is 0 Å². The van der Waals surface area contributed by atoms with E-state index in [1.54, 1.807) is 0 Å². The van der Waals surface area contributed by atoms with Gasteiger partial charge < -0.3 is 14.7 Å². The van der Waals surface area contributed by atoms with Gasteiger partial charge in [-0.05, 0) is 13.5 Å². The van der Waals surface area contributed by atoms with Crippen molar-refractivity contribution >= 4 is 10.2 Å². The topological polar surface area (TPSA) is 76.6 Å². The lowest BCUT2D eigenvalue weighted by atomic mass is 10.0. The highest BCUT2D eigenvalue weighted by molar-refractivity contribution is 7.86. The molecule has 0 bridgehead atoms. The third-order valence-corrected chi connectivity index (χ3v) is 7.02. The van der Waals surface area contributed by atoms with Gasteiger partial charge in [-0.3, -0.25) is 4.90 Å². The van der Waals surface area contributed by atoms with Crippen molar-refractivity contribution in [1.29, 1.82) is 0 Å². The zero-order chi connectivity index (χ0) is 16.5. The maximum atomic E-state index is 12.7. The summed E-state index contributed by atoms with van der Waals surface area (Å²) < 4.78 is 33.5. The molecular weight excluding hydrogens is 320 g/mol. The van der Waals surface area contributed by atoms with Gasteiger partial charge in [-0.2, -0.15) is 17.0 Å². The van der Waals surface area contributed by atoms with Crippen molar-refractivity contribution in [3.05, 3.63) is 0 Å². The van der Waals surface area contributed by atoms with Gasteiger partial charge in [0.05, 0.1) is 18.8 Å². The Balaban J connectivity index is 1.58. The summed E-state index contributed by atoms with van der Waals surface area (Å²) in [5.41, 5.74) is -0.935. The zero-order valence-electron chi connectivity index (χ0n) is 13.9. The fourth-order valence-electron chi connectivity index (χ4n) is 3.51. The number of morpholine rings is 1. The standard InChI is InChI=1S/C14H28N4O4S/c1-15-4-6-16(7-5-15)12-14(19)2-3-18(13-14)23(20,21)17-8-10-22-11-9-17/h19H,2-13H2,1H3/t14-/m0/s1. The second-order valence-electron chi connectivity index (χ2n) is 6.91. The van der Waals surface area contributed by atoms with Gasteiger partial charge >= 0.3 is 0 Å². The van der Waals surface area contributed by atoms with Crippen molar-refractivity contribution in [2.45, 2.75) is 12.0 Å². The molecule has 1 N–H and O–H groups in total. The van der Waals surface area contributed by atoms with Gasteiger partial charge in [0, 0.05) is 58.9 Å². The predicted octanol–water partition coefficient (Wildman–Crippen LogP) is -1.75. The number of likely N-dealkylation sites (N-methyl/N-ethyl adjacent to an activating group) is 1. The normalized spacial score (nSPS) is 33.3. The molecule has 3 heterocycles. The Hall–Kier alpha value is -0.290. The van der Waals surface area contributed by atoms with Crippen LogP contribution >= 0.6 is 0 Å². The van der Waals surface area contributed by atoms with Crippen LogP contribution < -0.4 is 0 Å². The van der Waals surface area contributed by atoms with E-state index in [0.717, 1.165) is 26.2 Å². The molecule has 0 aliphatic carbocycles. The van der Waals surface area contributed by atoms with E-state index in [1.807, 2.05) is 0 Å². The van der Waals surface area contributed by atoms with Gasteiger partial charge in [-0.1, -0.05) is 0 Å². The van der Waals surface area contributed by atoms with Crippen LogP contribution in [0.5, 0.6) is 0 Å². The molecular formula is C14H28N4O4S. The SMILES string of the molecule is CN1CCN(C[C@@]2(O)CCN(S(=O)(=O)N3CCOCC3)C2)CC1. The second kappa shape index (κ2) is 6.91. The van der Waals surface area contributed by atoms with E-state index < -0.39 is 15.8 Å². The van der Waals surface area contributed by atoms with Crippen LogP contribution in [0.25, 0.3) is 0 Å². The van der Waals surface area contributed by atoms with E-state index >= 15 is 0 Å². The molecule has 0 spiro atoms. The van der Waals surface area contributed by atoms with Crippen molar-refractivity contribution < 1.29 is 18.3 Å². The fraction of sp³-hybridized carbons (Fsp3) is 1.00. The number of ether oxygens (including phenoxy) is 1. The largest absolute Gasteiger partial charge is 0.387 e. The smallest absolute Gasteiger partial charge is 0.282 e. The monoisotopic (exact) mass is 348 g/mol. The third kappa shape index (κ3) is 4.04. The van der Waals surface area contributed by atoms with Crippen LogP contribution in [0.2, 0.25) is 0 Å². The molecule has 134 valence electrons. The van der Waals surface area contributed by atoms with E-state index in [4.69, 9.17) is 4.74 Å². The zero-order valence-corrected chi connectivity index (χ0v) is 14.7. The van der Waals surface area contributed by atoms with Crippen LogP contribution in [0.15, 0.2) is 0 Å².